The second kappa shape index (κ2) is 5.70. The number of hydrogen-bond donors (Lipinski definition) is 0. The van der Waals surface area contributed by atoms with Gasteiger partial charge in [-0.3, -0.25) is 0 Å². The van der Waals surface area contributed by atoms with E-state index in [-0.39, 0.29) is 0 Å². The molecule has 3 heterocycles. The Kier molecular flexibility index (Phi) is 3.94. The van der Waals surface area contributed by atoms with E-state index in [2.05, 4.69) is 28.8 Å². The summed E-state index contributed by atoms with van der Waals surface area (Å²) in [5, 5.41) is 5.23. The molecule has 0 aliphatic carbocycles. The molecule has 1 fully saturated rings. The van der Waals surface area contributed by atoms with Gasteiger partial charge in [-0.1, -0.05) is 11.6 Å². The number of fused-ring (bicyclic) bond motifs is 1. The molecule has 1 atom stereocenters. The van der Waals surface area contributed by atoms with Gasteiger partial charge in [0.2, 0.25) is 0 Å². The second-order valence-electron chi connectivity index (χ2n) is 5.98. The molecule has 0 spiro atoms. The first-order valence-electron chi connectivity index (χ1n) is 7.36. The molecule has 108 valence electrons. The molecule has 0 amide bonds. The van der Waals surface area contributed by atoms with Crippen LogP contribution >= 0.6 is 11.6 Å². The summed E-state index contributed by atoms with van der Waals surface area (Å²) < 4.78 is 1.78. The van der Waals surface area contributed by atoms with Gasteiger partial charge in [-0.05, 0) is 51.3 Å². The fraction of sp³-hybridized carbons (Fsp3) is 0.600. The van der Waals surface area contributed by atoms with Gasteiger partial charge in [-0.15, -0.1) is 0 Å². The van der Waals surface area contributed by atoms with Gasteiger partial charge in [0.25, 0.3) is 0 Å². The summed E-state index contributed by atoms with van der Waals surface area (Å²) in [6.07, 6.45) is 5.33. The van der Waals surface area contributed by atoms with Crippen molar-refractivity contribution in [3.8, 4) is 0 Å². The molecule has 0 saturated carbocycles. The summed E-state index contributed by atoms with van der Waals surface area (Å²) in [5.41, 5.74) is 0.876. The van der Waals surface area contributed by atoms with Crippen molar-refractivity contribution in [3.05, 3.63) is 29.2 Å². The fourth-order valence-electron chi connectivity index (χ4n) is 2.98. The average Bonchev–Trinajstić information content (AvgIpc) is 2.80. The van der Waals surface area contributed by atoms with E-state index in [1.165, 1.54) is 19.4 Å². The molecule has 2 aromatic heterocycles. The van der Waals surface area contributed by atoms with Crippen molar-refractivity contribution in [2.24, 2.45) is 5.92 Å². The zero-order valence-electron chi connectivity index (χ0n) is 12.1. The average molecular weight is 293 g/mol. The first-order valence-corrected chi connectivity index (χ1v) is 7.74. The second-order valence-corrected chi connectivity index (χ2v) is 6.42. The molecule has 4 nitrogen and oxygen atoms in total. The predicted molar refractivity (Wildman–Crippen MR) is 81.1 cm³/mol. The Morgan fingerprint density at radius 1 is 1.40 bits per heavy atom. The third-order valence-electron chi connectivity index (χ3n) is 4.09. The quantitative estimate of drug-likeness (QED) is 0.872. The van der Waals surface area contributed by atoms with Gasteiger partial charge >= 0.3 is 0 Å². The molecule has 0 radical (unpaired) electrons. The van der Waals surface area contributed by atoms with E-state index in [0.29, 0.717) is 17.0 Å². The standard InChI is InChI=1S/C15H21ClN4/c1-11(2)19-7-3-4-12(9-19)8-14-17-15-6-5-13(16)10-20(15)18-14/h5-6,10-12H,3-4,7-9H2,1-2H3. The normalized spacial score (nSPS) is 20.9. The van der Waals surface area contributed by atoms with Crippen molar-refractivity contribution in [1.29, 1.82) is 0 Å². The Balaban J connectivity index is 1.72. The van der Waals surface area contributed by atoms with Crippen molar-refractivity contribution >= 4 is 17.2 Å². The minimum Gasteiger partial charge on any atom is -0.301 e. The number of hydrogen-bond acceptors (Lipinski definition) is 3. The summed E-state index contributed by atoms with van der Waals surface area (Å²) in [7, 11) is 0. The lowest BCUT2D eigenvalue weighted by Gasteiger charge is -2.35. The zero-order valence-corrected chi connectivity index (χ0v) is 12.8. The Morgan fingerprint density at radius 2 is 2.25 bits per heavy atom. The van der Waals surface area contributed by atoms with E-state index in [1.807, 2.05) is 18.3 Å². The molecule has 1 aliphatic heterocycles. The molecule has 1 saturated heterocycles. The SMILES string of the molecule is CC(C)N1CCCC(Cc2nc3ccc(Cl)cn3n2)C1. The first-order chi connectivity index (χ1) is 9.61. The monoisotopic (exact) mass is 292 g/mol. The number of likely N-dealkylation sites (tertiary alicyclic amines) is 1. The predicted octanol–water partition coefficient (Wildman–Crippen LogP) is 3.05. The minimum atomic E-state index is 0.630. The van der Waals surface area contributed by atoms with Crippen LogP contribution in [0.15, 0.2) is 18.3 Å². The van der Waals surface area contributed by atoms with Gasteiger partial charge in [-0.25, -0.2) is 9.50 Å². The van der Waals surface area contributed by atoms with E-state index in [0.717, 1.165) is 24.4 Å². The van der Waals surface area contributed by atoms with Crippen LogP contribution in [0.3, 0.4) is 0 Å². The Morgan fingerprint density at radius 3 is 3.05 bits per heavy atom. The maximum absolute atomic E-state index is 5.98. The lowest BCUT2D eigenvalue weighted by atomic mass is 9.94. The molecule has 20 heavy (non-hydrogen) atoms. The van der Waals surface area contributed by atoms with Gasteiger partial charge < -0.3 is 4.90 Å². The van der Waals surface area contributed by atoms with Gasteiger partial charge in [0.15, 0.2) is 11.5 Å². The van der Waals surface area contributed by atoms with Gasteiger partial charge in [-0.2, -0.15) is 5.10 Å². The van der Waals surface area contributed by atoms with Crippen molar-refractivity contribution in [2.45, 2.75) is 39.2 Å². The molecule has 0 aromatic carbocycles. The molecule has 0 N–H and O–H groups in total. The lowest BCUT2D eigenvalue weighted by Crippen LogP contribution is -2.40. The molecule has 3 rings (SSSR count). The third kappa shape index (κ3) is 2.96. The smallest absolute Gasteiger partial charge is 0.155 e. The van der Waals surface area contributed by atoms with Crippen molar-refractivity contribution in [2.75, 3.05) is 13.1 Å². The maximum Gasteiger partial charge on any atom is 0.155 e. The summed E-state index contributed by atoms with van der Waals surface area (Å²) in [4.78, 5) is 7.15. The number of aromatic nitrogens is 3. The van der Waals surface area contributed by atoms with Gasteiger partial charge in [0.05, 0.1) is 5.02 Å². The van der Waals surface area contributed by atoms with E-state index < -0.39 is 0 Å². The number of nitrogens with zero attached hydrogens (tertiary/aromatic N) is 4. The summed E-state index contributed by atoms with van der Waals surface area (Å²) in [5.74, 6) is 1.60. The summed E-state index contributed by atoms with van der Waals surface area (Å²) >= 11 is 5.98. The van der Waals surface area contributed by atoms with Crippen LogP contribution in [0, 0.1) is 5.92 Å². The van der Waals surface area contributed by atoms with E-state index in [9.17, 15) is 0 Å². The van der Waals surface area contributed by atoms with Crippen LogP contribution in [-0.4, -0.2) is 38.6 Å². The molecular weight excluding hydrogens is 272 g/mol. The Bertz CT molecular complexity index is 593. The first kappa shape index (κ1) is 13.8. The maximum atomic E-state index is 5.98. The highest BCUT2D eigenvalue weighted by Crippen LogP contribution is 2.21. The van der Waals surface area contributed by atoms with Gasteiger partial charge in [0, 0.05) is 25.2 Å². The van der Waals surface area contributed by atoms with Crippen LogP contribution in [0.1, 0.15) is 32.5 Å². The highest BCUT2D eigenvalue weighted by atomic mass is 35.5. The minimum absolute atomic E-state index is 0.630. The third-order valence-corrected chi connectivity index (χ3v) is 4.31. The molecular formula is C15H21ClN4. The number of rotatable bonds is 3. The largest absolute Gasteiger partial charge is 0.301 e. The topological polar surface area (TPSA) is 33.4 Å². The molecule has 0 bridgehead atoms. The van der Waals surface area contributed by atoms with E-state index >= 15 is 0 Å². The Hall–Kier alpha value is -1.13. The molecule has 1 unspecified atom stereocenters. The van der Waals surface area contributed by atoms with Crippen molar-refractivity contribution in [3.63, 3.8) is 0 Å². The van der Waals surface area contributed by atoms with Crippen LogP contribution in [0.5, 0.6) is 0 Å². The summed E-state index contributed by atoms with van der Waals surface area (Å²) in [6, 6.07) is 4.40. The highest BCUT2D eigenvalue weighted by Gasteiger charge is 2.23. The van der Waals surface area contributed by atoms with Crippen LogP contribution in [0.4, 0.5) is 0 Å². The molecule has 2 aromatic rings. The van der Waals surface area contributed by atoms with E-state index in [4.69, 9.17) is 11.6 Å². The fourth-order valence-corrected chi connectivity index (χ4v) is 3.14. The van der Waals surface area contributed by atoms with Crippen LogP contribution in [-0.2, 0) is 6.42 Å². The van der Waals surface area contributed by atoms with Crippen LogP contribution in [0.25, 0.3) is 5.65 Å². The van der Waals surface area contributed by atoms with Gasteiger partial charge in [0.1, 0.15) is 0 Å². The number of halogens is 1. The molecule has 5 heteroatoms. The highest BCUT2D eigenvalue weighted by molar-refractivity contribution is 6.30. The number of pyridine rings is 1. The molecule has 1 aliphatic rings. The van der Waals surface area contributed by atoms with Crippen LogP contribution < -0.4 is 0 Å². The lowest BCUT2D eigenvalue weighted by molar-refractivity contribution is 0.138. The van der Waals surface area contributed by atoms with Crippen molar-refractivity contribution < 1.29 is 0 Å². The summed E-state index contributed by atoms with van der Waals surface area (Å²) in [6.45, 7) is 6.93. The Labute approximate surface area is 124 Å². The van der Waals surface area contributed by atoms with Crippen LogP contribution in [0.2, 0.25) is 5.02 Å². The number of piperidine rings is 1. The van der Waals surface area contributed by atoms with Crippen molar-refractivity contribution in [1.82, 2.24) is 19.5 Å². The zero-order chi connectivity index (χ0) is 14.1. The van der Waals surface area contributed by atoms with E-state index in [1.54, 1.807) is 4.52 Å².